The van der Waals surface area contributed by atoms with Gasteiger partial charge in [0.05, 0.1) is 0 Å². The molecule has 2 aromatic heterocycles. The van der Waals surface area contributed by atoms with E-state index in [0.717, 1.165) is 37.6 Å². The summed E-state index contributed by atoms with van der Waals surface area (Å²) in [5.74, 6) is 0.00199. The average molecular weight is 622 g/mol. The van der Waals surface area contributed by atoms with Gasteiger partial charge in [-0.15, -0.1) is 0 Å². The van der Waals surface area contributed by atoms with Gasteiger partial charge in [0.25, 0.3) is 0 Å². The van der Waals surface area contributed by atoms with Gasteiger partial charge in [-0.05, 0) is 0 Å². The van der Waals surface area contributed by atoms with Crippen molar-refractivity contribution in [3.63, 3.8) is 0 Å². The summed E-state index contributed by atoms with van der Waals surface area (Å²) in [6, 6.07) is 22.4. The Morgan fingerprint density at radius 3 is 2.45 bits per heavy atom. The zero-order valence-corrected chi connectivity index (χ0v) is 24.7. The summed E-state index contributed by atoms with van der Waals surface area (Å²) in [6.45, 7) is 5.66. The van der Waals surface area contributed by atoms with Crippen molar-refractivity contribution < 1.29 is 23.6 Å². The normalized spacial score (nSPS) is 11.9. The number of halogens is 1. The van der Waals surface area contributed by atoms with Crippen molar-refractivity contribution in [3.8, 4) is 27.6 Å². The van der Waals surface area contributed by atoms with Gasteiger partial charge in [-0.2, -0.15) is 0 Å². The first kappa shape index (κ1) is 27.8. The van der Waals surface area contributed by atoms with Crippen molar-refractivity contribution in [2.75, 3.05) is 6.61 Å². The predicted octanol–water partition coefficient (Wildman–Crippen LogP) is 6.31. The molecular weight excluding hydrogens is 594 g/mol. The third-order valence-corrected chi connectivity index (χ3v) is 10.5. The van der Waals surface area contributed by atoms with E-state index in [-0.39, 0.29) is 32.2 Å². The molecule has 1 unspecified atom stereocenters. The molecule has 204 valence electrons. The van der Waals surface area contributed by atoms with E-state index < -0.39 is 5.97 Å². The molecule has 1 atom stereocenters. The number of thiazole rings is 1. The maximum absolute atomic E-state index is 13.4. The van der Waals surface area contributed by atoms with Gasteiger partial charge < -0.3 is 0 Å². The molecule has 0 aliphatic carbocycles. The number of aromatic nitrogens is 2. The van der Waals surface area contributed by atoms with Crippen molar-refractivity contribution >= 4 is 36.7 Å². The molecule has 0 radical (unpaired) electrons. The average Bonchev–Trinajstić information content (AvgIpc) is 3.55. The number of nitrogens with zero attached hydrogens (tertiary/aromatic N) is 2. The Balaban J connectivity index is 1.45. The van der Waals surface area contributed by atoms with Crippen LogP contribution in [0.4, 0.5) is 4.39 Å². The minimum absolute atomic E-state index is 0.0131. The summed E-state index contributed by atoms with van der Waals surface area (Å²) in [5, 5.41) is 14.2. The second kappa shape index (κ2) is 12.2. The third-order valence-electron chi connectivity index (χ3n) is 6.28. The van der Waals surface area contributed by atoms with Crippen molar-refractivity contribution in [1.29, 1.82) is 0 Å². The fraction of sp³-hybridized carbons (Fsp3) is 0.194. The van der Waals surface area contributed by atoms with E-state index in [1.165, 1.54) is 22.6 Å². The van der Waals surface area contributed by atoms with Crippen molar-refractivity contribution in [1.82, 2.24) is 10.1 Å². The molecular formula is C31H27FN2O4SSe. The number of carbonyl (C=O) groups is 1. The Hall–Kier alpha value is -3.78. The third kappa shape index (κ3) is 6.67. The van der Waals surface area contributed by atoms with E-state index in [4.69, 9.17) is 19.4 Å². The Bertz CT molecular complexity index is 1630. The van der Waals surface area contributed by atoms with E-state index >= 15 is 0 Å². The minimum atomic E-state index is -1.01. The number of hydrogen-bond acceptors (Lipinski definition) is 6. The molecule has 2 heterocycles. The number of aliphatic carboxylic acids is 1. The number of ether oxygens (including phenoxy) is 1. The van der Waals surface area contributed by atoms with Gasteiger partial charge in [0.1, 0.15) is 0 Å². The van der Waals surface area contributed by atoms with Crippen LogP contribution in [0.2, 0.25) is 0 Å². The van der Waals surface area contributed by atoms with Crippen LogP contribution in [0.5, 0.6) is 5.75 Å². The first-order valence-electron chi connectivity index (χ1n) is 12.6. The molecule has 1 N–H and O–H groups in total. The SMILES string of the molecule is Cc1ccc(-c2nc(C)c(C(Cc3cc(-c4ccc(F)cc4)no3)[Se]c3ccc(OCC(=O)O)c(C)c3)s2)cc1. The molecule has 0 bridgehead atoms. The Morgan fingerprint density at radius 1 is 1.02 bits per heavy atom. The zero-order valence-electron chi connectivity index (χ0n) is 22.2. The molecule has 40 heavy (non-hydrogen) atoms. The summed E-state index contributed by atoms with van der Waals surface area (Å²) in [6.07, 6.45) is 0.626. The second-order valence-electron chi connectivity index (χ2n) is 9.44. The van der Waals surface area contributed by atoms with E-state index in [2.05, 4.69) is 42.4 Å². The fourth-order valence-corrected chi connectivity index (χ4v) is 8.44. The molecule has 0 fully saturated rings. The van der Waals surface area contributed by atoms with Crippen LogP contribution in [0, 0.1) is 26.6 Å². The van der Waals surface area contributed by atoms with Gasteiger partial charge in [-0.25, -0.2) is 0 Å². The van der Waals surface area contributed by atoms with Crippen molar-refractivity contribution in [2.45, 2.75) is 32.0 Å². The Labute approximate surface area is 242 Å². The zero-order chi connectivity index (χ0) is 28.2. The Kier molecular flexibility index (Phi) is 8.45. The van der Waals surface area contributed by atoms with Gasteiger partial charge >= 0.3 is 243 Å². The monoisotopic (exact) mass is 622 g/mol. The molecule has 5 rings (SSSR count). The van der Waals surface area contributed by atoms with Crippen LogP contribution in [0.1, 0.15) is 32.3 Å². The second-order valence-corrected chi connectivity index (χ2v) is 13.1. The number of hydrogen-bond donors (Lipinski definition) is 1. The van der Waals surface area contributed by atoms with Crippen LogP contribution >= 0.6 is 11.3 Å². The Morgan fingerprint density at radius 2 is 1.75 bits per heavy atom. The first-order valence-corrected chi connectivity index (χ1v) is 15.3. The molecule has 0 aliphatic rings. The van der Waals surface area contributed by atoms with Crippen LogP contribution in [-0.4, -0.2) is 42.8 Å². The van der Waals surface area contributed by atoms with E-state index in [0.29, 0.717) is 17.9 Å². The van der Waals surface area contributed by atoms with Crippen LogP contribution in [-0.2, 0) is 11.2 Å². The summed E-state index contributed by atoms with van der Waals surface area (Å²) >= 11 is 1.69. The standard InChI is InChI=1S/C31H27FN2O4SSe/c1-18-4-6-22(7-5-18)31-33-20(3)30(39-31)28(40-25-12-13-27(19(2)14-25)37-17-29(35)36)16-24-15-26(34-38-24)21-8-10-23(32)11-9-21/h4-15,28H,16-17H2,1-3H3,(H,35,36). The van der Waals surface area contributed by atoms with E-state index in [1.807, 2.05) is 32.0 Å². The maximum atomic E-state index is 13.4. The molecule has 0 saturated carbocycles. The fourth-order valence-electron chi connectivity index (χ4n) is 4.22. The van der Waals surface area contributed by atoms with Gasteiger partial charge in [0, 0.05) is 0 Å². The topological polar surface area (TPSA) is 85.5 Å². The number of carboxylic acids is 1. The van der Waals surface area contributed by atoms with Gasteiger partial charge in [-0.1, -0.05) is 0 Å². The van der Waals surface area contributed by atoms with Crippen molar-refractivity contribution in [2.24, 2.45) is 0 Å². The summed E-state index contributed by atoms with van der Waals surface area (Å²) in [7, 11) is 0. The van der Waals surface area contributed by atoms with Crippen molar-refractivity contribution in [3.05, 3.63) is 106 Å². The van der Waals surface area contributed by atoms with Gasteiger partial charge in [-0.3, -0.25) is 0 Å². The molecule has 6 nitrogen and oxygen atoms in total. The van der Waals surface area contributed by atoms with E-state index in [9.17, 15) is 9.18 Å². The molecule has 0 saturated heterocycles. The van der Waals surface area contributed by atoms with E-state index in [1.54, 1.807) is 23.5 Å². The predicted molar refractivity (Wildman–Crippen MR) is 155 cm³/mol. The number of carboxylic acid groups (broad SMARTS) is 1. The number of benzene rings is 3. The van der Waals surface area contributed by atoms with Gasteiger partial charge in [0.15, 0.2) is 0 Å². The van der Waals surface area contributed by atoms with Crippen LogP contribution in [0.3, 0.4) is 0 Å². The summed E-state index contributed by atoms with van der Waals surface area (Å²) in [5.41, 5.74) is 5.63. The summed E-state index contributed by atoms with van der Waals surface area (Å²) < 4.78 is 25.7. The first-order chi connectivity index (χ1) is 19.2. The summed E-state index contributed by atoms with van der Waals surface area (Å²) in [4.78, 5) is 17.2. The van der Waals surface area contributed by atoms with Crippen LogP contribution in [0.25, 0.3) is 21.8 Å². The molecule has 0 aliphatic heterocycles. The van der Waals surface area contributed by atoms with Crippen LogP contribution in [0.15, 0.2) is 77.3 Å². The molecule has 9 heteroatoms. The molecule has 0 spiro atoms. The number of aryl methyl sites for hydroxylation is 3. The molecule has 5 aromatic rings. The number of rotatable bonds is 10. The molecule has 0 amide bonds. The quantitative estimate of drug-likeness (QED) is 0.184. The van der Waals surface area contributed by atoms with Gasteiger partial charge in [0.2, 0.25) is 0 Å². The molecule has 3 aromatic carbocycles. The van der Waals surface area contributed by atoms with Crippen LogP contribution < -0.4 is 9.20 Å².